The zero-order valence-electron chi connectivity index (χ0n) is 12.9. The van der Waals surface area contributed by atoms with Crippen LogP contribution in [0.2, 0.25) is 0 Å². The third-order valence-corrected chi connectivity index (χ3v) is 4.64. The number of aryl methyl sites for hydroxylation is 2. The van der Waals surface area contributed by atoms with Gasteiger partial charge in [-0.15, -0.1) is 5.10 Å². The minimum atomic E-state index is 0.226. The van der Waals surface area contributed by atoms with Crippen LogP contribution in [0.25, 0.3) is 11.3 Å². The van der Waals surface area contributed by atoms with Crippen LogP contribution in [0.3, 0.4) is 0 Å². The van der Waals surface area contributed by atoms with Gasteiger partial charge < -0.3 is 5.32 Å². The molecule has 6 heteroatoms. The molecule has 5 nitrogen and oxygen atoms in total. The van der Waals surface area contributed by atoms with Gasteiger partial charge in [0.1, 0.15) is 0 Å². The maximum absolute atomic E-state index is 4.59. The summed E-state index contributed by atoms with van der Waals surface area (Å²) < 4.78 is 5.87. The Morgan fingerprint density at radius 1 is 1.27 bits per heavy atom. The Balaban J connectivity index is 1.77. The van der Waals surface area contributed by atoms with Gasteiger partial charge in [-0.05, 0) is 25.4 Å². The second-order valence-corrected chi connectivity index (χ2v) is 6.15. The largest absolute Gasteiger partial charge is 0.305 e. The molecule has 1 aromatic carbocycles. The topological polar surface area (TPSA) is 55.6 Å². The highest BCUT2D eigenvalue weighted by Gasteiger charge is 2.14. The Morgan fingerprint density at radius 3 is 2.73 bits per heavy atom. The van der Waals surface area contributed by atoms with Crippen LogP contribution in [-0.2, 0) is 13.6 Å². The first kappa shape index (κ1) is 14.9. The Morgan fingerprint density at radius 2 is 2.05 bits per heavy atom. The summed E-state index contributed by atoms with van der Waals surface area (Å²) in [6, 6.07) is 10.5. The van der Waals surface area contributed by atoms with Crippen molar-refractivity contribution in [2.75, 3.05) is 0 Å². The lowest BCUT2D eigenvalue weighted by Crippen LogP contribution is -2.18. The highest BCUT2D eigenvalue weighted by atomic mass is 32.1. The molecule has 1 atom stereocenters. The molecule has 0 aliphatic carbocycles. The number of rotatable bonds is 5. The standard InChI is InChI=1S/C16H19N5S/c1-11(16-12(2)18-20-22-16)17-9-14-10-21(3)19-15(14)13-7-5-4-6-8-13/h4-8,10-11,17H,9H2,1-3H3. The molecule has 0 saturated carbocycles. The molecule has 0 saturated heterocycles. The summed E-state index contributed by atoms with van der Waals surface area (Å²) in [5.41, 5.74) is 4.36. The summed E-state index contributed by atoms with van der Waals surface area (Å²) in [4.78, 5) is 1.19. The van der Waals surface area contributed by atoms with Crippen molar-refractivity contribution < 1.29 is 0 Å². The van der Waals surface area contributed by atoms with Gasteiger partial charge in [0, 0.05) is 37.0 Å². The van der Waals surface area contributed by atoms with E-state index in [1.807, 2.05) is 36.9 Å². The Kier molecular flexibility index (Phi) is 4.31. The molecular formula is C16H19N5S. The zero-order chi connectivity index (χ0) is 15.5. The van der Waals surface area contributed by atoms with E-state index in [2.05, 4.69) is 45.3 Å². The Bertz CT molecular complexity index is 747. The van der Waals surface area contributed by atoms with Crippen LogP contribution in [0.5, 0.6) is 0 Å². The predicted molar refractivity (Wildman–Crippen MR) is 88.5 cm³/mol. The van der Waals surface area contributed by atoms with Crippen LogP contribution in [0.4, 0.5) is 0 Å². The van der Waals surface area contributed by atoms with E-state index in [4.69, 9.17) is 0 Å². The lowest BCUT2D eigenvalue weighted by atomic mass is 10.1. The quantitative estimate of drug-likeness (QED) is 0.786. The van der Waals surface area contributed by atoms with Gasteiger partial charge in [0.25, 0.3) is 0 Å². The minimum absolute atomic E-state index is 0.226. The van der Waals surface area contributed by atoms with Gasteiger partial charge in [-0.1, -0.05) is 34.8 Å². The second kappa shape index (κ2) is 6.37. The first-order valence-electron chi connectivity index (χ1n) is 7.25. The summed E-state index contributed by atoms with van der Waals surface area (Å²) in [6.07, 6.45) is 2.07. The third kappa shape index (κ3) is 3.08. The first-order valence-corrected chi connectivity index (χ1v) is 8.02. The third-order valence-electron chi connectivity index (χ3n) is 3.63. The molecule has 1 unspecified atom stereocenters. The van der Waals surface area contributed by atoms with Gasteiger partial charge in [0.05, 0.1) is 16.3 Å². The minimum Gasteiger partial charge on any atom is -0.305 e. The fraction of sp³-hybridized carbons (Fsp3) is 0.312. The van der Waals surface area contributed by atoms with Gasteiger partial charge in [-0.2, -0.15) is 5.10 Å². The maximum Gasteiger partial charge on any atom is 0.0967 e. The van der Waals surface area contributed by atoms with Crippen LogP contribution >= 0.6 is 11.5 Å². The molecule has 3 rings (SSSR count). The number of nitrogens with zero attached hydrogens (tertiary/aromatic N) is 4. The molecule has 0 spiro atoms. The average Bonchev–Trinajstić information content (AvgIpc) is 3.11. The molecule has 2 aromatic heterocycles. The molecule has 0 radical (unpaired) electrons. The number of hydrogen-bond donors (Lipinski definition) is 1. The van der Waals surface area contributed by atoms with E-state index in [-0.39, 0.29) is 6.04 Å². The SMILES string of the molecule is Cc1nnsc1C(C)NCc1cn(C)nc1-c1ccccc1. The van der Waals surface area contributed by atoms with Crippen LogP contribution in [-0.4, -0.2) is 19.4 Å². The number of nitrogens with one attached hydrogen (secondary N) is 1. The first-order chi connectivity index (χ1) is 10.6. The maximum atomic E-state index is 4.59. The Labute approximate surface area is 134 Å². The fourth-order valence-corrected chi connectivity index (χ4v) is 3.16. The van der Waals surface area contributed by atoms with Gasteiger partial charge in [-0.25, -0.2) is 0 Å². The summed E-state index contributed by atoms with van der Waals surface area (Å²) in [7, 11) is 1.95. The molecule has 0 aliphatic heterocycles. The fourth-order valence-electron chi connectivity index (χ4n) is 2.50. The molecule has 114 valence electrons. The van der Waals surface area contributed by atoms with E-state index >= 15 is 0 Å². The molecule has 0 bridgehead atoms. The van der Waals surface area contributed by atoms with Crippen molar-refractivity contribution in [2.24, 2.45) is 7.05 Å². The lowest BCUT2D eigenvalue weighted by molar-refractivity contribution is 0.579. The molecular weight excluding hydrogens is 294 g/mol. The molecule has 3 aromatic rings. The number of aromatic nitrogens is 4. The molecule has 0 aliphatic rings. The van der Waals surface area contributed by atoms with E-state index < -0.39 is 0 Å². The lowest BCUT2D eigenvalue weighted by Gasteiger charge is -2.12. The molecule has 22 heavy (non-hydrogen) atoms. The van der Waals surface area contributed by atoms with E-state index in [1.54, 1.807) is 0 Å². The van der Waals surface area contributed by atoms with Gasteiger partial charge in [0.15, 0.2) is 0 Å². The van der Waals surface area contributed by atoms with Crippen molar-refractivity contribution in [1.82, 2.24) is 24.7 Å². The van der Waals surface area contributed by atoms with Crippen molar-refractivity contribution in [2.45, 2.75) is 26.4 Å². The molecule has 2 heterocycles. The van der Waals surface area contributed by atoms with Gasteiger partial charge in [-0.3, -0.25) is 4.68 Å². The second-order valence-electron chi connectivity index (χ2n) is 5.37. The smallest absolute Gasteiger partial charge is 0.0967 e. The summed E-state index contributed by atoms with van der Waals surface area (Å²) in [5, 5.41) is 12.2. The van der Waals surface area contributed by atoms with Crippen molar-refractivity contribution in [1.29, 1.82) is 0 Å². The van der Waals surface area contributed by atoms with Gasteiger partial charge >= 0.3 is 0 Å². The number of hydrogen-bond acceptors (Lipinski definition) is 5. The van der Waals surface area contributed by atoms with Crippen LogP contribution in [0.15, 0.2) is 36.5 Å². The van der Waals surface area contributed by atoms with Crippen molar-refractivity contribution in [3.05, 3.63) is 52.7 Å². The van der Waals surface area contributed by atoms with Crippen molar-refractivity contribution in [3.8, 4) is 11.3 Å². The summed E-state index contributed by atoms with van der Waals surface area (Å²) in [5.74, 6) is 0. The van der Waals surface area contributed by atoms with Crippen molar-refractivity contribution >= 4 is 11.5 Å². The van der Waals surface area contributed by atoms with Gasteiger partial charge in [0.2, 0.25) is 0 Å². The number of benzene rings is 1. The monoisotopic (exact) mass is 313 g/mol. The summed E-state index contributed by atoms with van der Waals surface area (Å²) >= 11 is 1.45. The Hall–Kier alpha value is -2.05. The van der Waals surface area contributed by atoms with E-state index in [1.165, 1.54) is 22.0 Å². The predicted octanol–water partition coefficient (Wildman–Crippen LogP) is 3.10. The van der Waals surface area contributed by atoms with Crippen LogP contribution in [0, 0.1) is 6.92 Å². The average molecular weight is 313 g/mol. The zero-order valence-corrected chi connectivity index (χ0v) is 13.8. The van der Waals surface area contributed by atoms with Crippen LogP contribution < -0.4 is 5.32 Å². The van der Waals surface area contributed by atoms with Crippen LogP contribution in [0.1, 0.15) is 29.1 Å². The van der Waals surface area contributed by atoms with E-state index in [0.717, 1.165) is 23.5 Å². The normalized spacial score (nSPS) is 12.5. The molecule has 0 fully saturated rings. The van der Waals surface area contributed by atoms with Crippen molar-refractivity contribution in [3.63, 3.8) is 0 Å². The highest BCUT2D eigenvalue weighted by molar-refractivity contribution is 7.05. The molecule has 1 N–H and O–H groups in total. The van der Waals surface area contributed by atoms with E-state index in [0.29, 0.717) is 0 Å². The summed E-state index contributed by atoms with van der Waals surface area (Å²) in [6.45, 7) is 4.90. The van der Waals surface area contributed by atoms with E-state index in [9.17, 15) is 0 Å². The highest BCUT2D eigenvalue weighted by Crippen LogP contribution is 2.23. The molecule has 0 amide bonds.